The molecule has 7 nitrogen and oxygen atoms in total. The molecule has 0 bridgehead atoms. The van der Waals surface area contributed by atoms with Crippen LogP contribution in [0, 0.1) is 11.3 Å². The summed E-state index contributed by atoms with van der Waals surface area (Å²) in [5, 5.41) is 8.65. The van der Waals surface area contributed by atoms with Crippen LogP contribution in [-0.4, -0.2) is 62.6 Å². The van der Waals surface area contributed by atoms with Gasteiger partial charge in [0, 0.05) is 57.0 Å². The Morgan fingerprint density at radius 1 is 0.667 bits per heavy atom. The lowest BCUT2D eigenvalue weighted by Crippen LogP contribution is -2.41. The van der Waals surface area contributed by atoms with Crippen LogP contribution in [0.2, 0.25) is 0 Å². The van der Waals surface area contributed by atoms with E-state index in [-0.39, 0.29) is 35.5 Å². The molecule has 0 saturated carbocycles. The van der Waals surface area contributed by atoms with Gasteiger partial charge < -0.3 is 20.7 Å². The molecule has 0 fully saturated rings. The second-order valence-electron chi connectivity index (χ2n) is 11.1. The Kier molecular flexibility index (Phi) is 28.5. The van der Waals surface area contributed by atoms with Gasteiger partial charge in [-0.15, -0.1) is 0 Å². The first-order valence-electron chi connectivity index (χ1n) is 16.2. The quantitative estimate of drug-likeness (QED) is 0.0479. The van der Waals surface area contributed by atoms with E-state index in [2.05, 4.69) is 83.6 Å². The lowest BCUT2D eigenvalue weighted by Gasteiger charge is -2.29. The predicted octanol–water partition coefficient (Wildman–Crippen LogP) is 7.50. The van der Waals surface area contributed by atoms with Gasteiger partial charge in [-0.2, -0.15) is 0 Å². The normalized spacial score (nSPS) is 13.3. The predicted molar refractivity (Wildman–Crippen MR) is 196 cm³/mol. The molecule has 0 spiro atoms. The summed E-state index contributed by atoms with van der Waals surface area (Å²) in [6.45, 7) is 10.0. The van der Waals surface area contributed by atoms with Crippen LogP contribution in [0.15, 0.2) is 72.9 Å². The summed E-state index contributed by atoms with van der Waals surface area (Å²) >= 11 is 0. The average Bonchev–Trinajstić information content (AvgIpc) is 3.01. The third kappa shape index (κ3) is 27.5. The molecule has 0 saturated heterocycles. The second kappa shape index (κ2) is 30.2. The SMILES string of the molecule is CC/C=C\C/C=C\C/C=C\C/C=C\C/C=C\C/C=C\CC(=O)NCCSSCCNC(=O)CCNC(=O)[C@H](C)C(C)(C)COC. The molecular weight excluding hydrogens is 603 g/mol. The molecule has 0 aromatic rings. The van der Waals surface area contributed by atoms with Crippen LogP contribution >= 0.6 is 21.6 Å². The number of ether oxygens (including phenoxy) is 1. The minimum Gasteiger partial charge on any atom is -0.384 e. The van der Waals surface area contributed by atoms with Gasteiger partial charge in [0.05, 0.1) is 6.61 Å². The van der Waals surface area contributed by atoms with Crippen LogP contribution in [-0.2, 0) is 19.1 Å². The average molecular weight is 662 g/mol. The van der Waals surface area contributed by atoms with Crippen molar-refractivity contribution in [3.63, 3.8) is 0 Å². The molecule has 1 atom stereocenters. The molecule has 0 aliphatic heterocycles. The maximum Gasteiger partial charge on any atom is 0.223 e. The number of rotatable bonds is 27. The van der Waals surface area contributed by atoms with Gasteiger partial charge in [-0.25, -0.2) is 0 Å². The highest BCUT2D eigenvalue weighted by Gasteiger charge is 2.31. The lowest BCUT2D eigenvalue weighted by atomic mass is 9.80. The number of amides is 3. The van der Waals surface area contributed by atoms with Crippen LogP contribution in [0.4, 0.5) is 0 Å². The van der Waals surface area contributed by atoms with Crippen LogP contribution in [0.1, 0.15) is 79.1 Å². The van der Waals surface area contributed by atoms with E-state index in [0.717, 1.165) is 50.0 Å². The van der Waals surface area contributed by atoms with E-state index in [4.69, 9.17) is 4.74 Å². The Morgan fingerprint density at radius 3 is 1.58 bits per heavy atom. The summed E-state index contributed by atoms with van der Waals surface area (Å²) in [4.78, 5) is 36.3. The van der Waals surface area contributed by atoms with Crippen molar-refractivity contribution in [1.29, 1.82) is 0 Å². The fourth-order valence-corrected chi connectivity index (χ4v) is 5.57. The van der Waals surface area contributed by atoms with Gasteiger partial charge in [0.2, 0.25) is 17.7 Å². The molecule has 45 heavy (non-hydrogen) atoms. The minimum atomic E-state index is -0.270. The van der Waals surface area contributed by atoms with Crippen molar-refractivity contribution in [2.45, 2.75) is 79.1 Å². The summed E-state index contributed by atoms with van der Waals surface area (Å²) in [6, 6.07) is 0. The lowest BCUT2D eigenvalue weighted by molar-refractivity contribution is -0.129. The van der Waals surface area contributed by atoms with Crippen molar-refractivity contribution in [3.8, 4) is 0 Å². The number of carbonyl (C=O) groups is 3. The summed E-state index contributed by atoms with van der Waals surface area (Å²) in [6.07, 6.45) is 32.2. The Hall–Kier alpha value is -2.49. The van der Waals surface area contributed by atoms with Crippen LogP contribution < -0.4 is 16.0 Å². The van der Waals surface area contributed by atoms with Gasteiger partial charge in [-0.05, 0) is 43.9 Å². The number of allylic oxidation sites excluding steroid dienone is 11. The molecule has 0 aliphatic rings. The summed E-state index contributed by atoms with van der Waals surface area (Å²) in [5.41, 5.74) is -0.270. The van der Waals surface area contributed by atoms with Crippen molar-refractivity contribution >= 4 is 39.3 Å². The largest absolute Gasteiger partial charge is 0.384 e. The number of hydrogen-bond donors (Lipinski definition) is 3. The maximum absolute atomic E-state index is 12.3. The molecule has 0 heterocycles. The van der Waals surface area contributed by atoms with Crippen molar-refractivity contribution in [3.05, 3.63) is 72.9 Å². The van der Waals surface area contributed by atoms with Crippen molar-refractivity contribution in [2.75, 3.05) is 44.9 Å². The van der Waals surface area contributed by atoms with Gasteiger partial charge >= 0.3 is 0 Å². The molecule has 0 aliphatic carbocycles. The smallest absolute Gasteiger partial charge is 0.223 e. The van der Waals surface area contributed by atoms with Crippen molar-refractivity contribution in [2.24, 2.45) is 11.3 Å². The van der Waals surface area contributed by atoms with Crippen LogP contribution in [0.5, 0.6) is 0 Å². The minimum absolute atomic E-state index is 0.0247. The monoisotopic (exact) mass is 661 g/mol. The Bertz CT molecular complexity index is 971. The molecule has 9 heteroatoms. The zero-order chi connectivity index (χ0) is 33.4. The first-order chi connectivity index (χ1) is 21.7. The highest BCUT2D eigenvalue weighted by Crippen LogP contribution is 2.26. The number of hydrogen-bond acceptors (Lipinski definition) is 6. The Labute approximate surface area is 281 Å². The fraction of sp³-hybridized carbons (Fsp3) is 0.583. The Morgan fingerprint density at radius 2 is 1.11 bits per heavy atom. The van der Waals surface area contributed by atoms with E-state index in [1.807, 2.05) is 32.9 Å². The van der Waals surface area contributed by atoms with E-state index in [1.54, 1.807) is 28.7 Å². The number of methoxy groups -OCH3 is 1. The third-order valence-corrected chi connectivity index (χ3v) is 9.14. The molecule has 0 radical (unpaired) electrons. The van der Waals surface area contributed by atoms with Gasteiger partial charge in [0.25, 0.3) is 0 Å². The van der Waals surface area contributed by atoms with Gasteiger partial charge in [-0.3, -0.25) is 14.4 Å². The molecule has 0 rings (SSSR count). The van der Waals surface area contributed by atoms with Crippen LogP contribution in [0.3, 0.4) is 0 Å². The van der Waals surface area contributed by atoms with E-state index in [9.17, 15) is 14.4 Å². The summed E-state index contributed by atoms with van der Waals surface area (Å²) in [5.74, 6) is 1.24. The number of nitrogens with one attached hydrogen (secondary N) is 3. The fourth-order valence-electron chi connectivity index (χ4n) is 3.76. The van der Waals surface area contributed by atoms with Crippen molar-refractivity contribution < 1.29 is 19.1 Å². The molecule has 3 amide bonds. The third-order valence-electron chi connectivity index (χ3n) is 6.73. The highest BCUT2D eigenvalue weighted by atomic mass is 33.1. The number of carbonyl (C=O) groups excluding carboxylic acids is 3. The molecule has 0 aromatic heterocycles. The van der Waals surface area contributed by atoms with Gasteiger partial charge in [-0.1, -0.05) is 122 Å². The molecule has 0 aromatic carbocycles. The topological polar surface area (TPSA) is 96.5 Å². The summed E-state index contributed by atoms with van der Waals surface area (Å²) < 4.78 is 5.19. The second-order valence-corrected chi connectivity index (χ2v) is 13.8. The zero-order valence-corrected chi connectivity index (χ0v) is 30.0. The zero-order valence-electron chi connectivity index (χ0n) is 28.4. The standard InChI is InChI=1S/C36H59N3O4S2/c1-6-7-8-9-10-11-12-13-14-15-16-17-18-19-20-21-22-23-24-33(40)37-27-29-44-45-30-28-38-34(41)25-26-39-35(42)32(2)36(3,4)31-43-5/h7-8,10-11,13-14,16-17,19-20,22-23,32H,6,9,12,15,18,21,24-31H2,1-5H3,(H,37,40)(H,38,41)(H,39,42)/b8-7-,11-10-,14-13-,17-16-,20-19-,23-22-/t32-/m0/s1. The molecular formula is C36H59N3O4S2. The van der Waals surface area contributed by atoms with E-state index in [0.29, 0.717) is 32.7 Å². The van der Waals surface area contributed by atoms with E-state index < -0.39 is 0 Å². The molecule has 0 unspecified atom stereocenters. The van der Waals surface area contributed by atoms with Gasteiger partial charge in [0.1, 0.15) is 0 Å². The first kappa shape index (κ1) is 42.5. The highest BCUT2D eigenvalue weighted by molar-refractivity contribution is 8.76. The van der Waals surface area contributed by atoms with E-state index in [1.165, 1.54) is 0 Å². The van der Waals surface area contributed by atoms with Gasteiger partial charge in [0.15, 0.2) is 0 Å². The Balaban J connectivity index is 3.67. The van der Waals surface area contributed by atoms with E-state index >= 15 is 0 Å². The summed E-state index contributed by atoms with van der Waals surface area (Å²) in [7, 11) is 4.96. The molecule has 254 valence electrons. The molecule has 3 N–H and O–H groups in total. The maximum atomic E-state index is 12.3. The van der Waals surface area contributed by atoms with Crippen LogP contribution in [0.25, 0.3) is 0 Å². The van der Waals surface area contributed by atoms with Crippen molar-refractivity contribution in [1.82, 2.24) is 16.0 Å². The first-order valence-corrected chi connectivity index (χ1v) is 18.7.